The van der Waals surface area contributed by atoms with Crippen molar-refractivity contribution in [1.82, 2.24) is 10.7 Å². The van der Waals surface area contributed by atoms with Crippen LogP contribution >= 0.6 is 11.6 Å². The maximum absolute atomic E-state index is 12.6. The van der Waals surface area contributed by atoms with Gasteiger partial charge in [-0.25, -0.2) is 5.43 Å². The molecule has 0 saturated heterocycles. The van der Waals surface area contributed by atoms with Crippen LogP contribution in [-0.4, -0.2) is 31.2 Å². The molecular formula is C21H24ClN3O3. The summed E-state index contributed by atoms with van der Waals surface area (Å²) in [6, 6.07) is 13.1. The van der Waals surface area contributed by atoms with Gasteiger partial charge in [-0.05, 0) is 48.7 Å². The number of benzene rings is 2. The van der Waals surface area contributed by atoms with Crippen molar-refractivity contribution < 1.29 is 14.3 Å². The first kappa shape index (κ1) is 21.4. The van der Waals surface area contributed by atoms with Gasteiger partial charge in [-0.15, -0.1) is 0 Å². The molecule has 2 rings (SSSR count). The van der Waals surface area contributed by atoms with Crippen LogP contribution in [-0.2, 0) is 4.79 Å². The molecule has 0 heterocycles. The smallest absolute Gasteiger partial charge is 0.262 e. The molecule has 0 spiro atoms. The molecular weight excluding hydrogens is 378 g/mol. The average molecular weight is 402 g/mol. The molecule has 1 atom stereocenters. The van der Waals surface area contributed by atoms with E-state index in [0.717, 1.165) is 5.56 Å². The second-order valence-electron chi connectivity index (χ2n) is 6.64. The van der Waals surface area contributed by atoms with Gasteiger partial charge in [0.25, 0.3) is 11.8 Å². The molecule has 2 aromatic rings. The number of hydrogen-bond donors (Lipinski definition) is 2. The number of hydrogen-bond acceptors (Lipinski definition) is 4. The summed E-state index contributed by atoms with van der Waals surface area (Å²) in [6.07, 6.45) is 1.99. The molecule has 6 nitrogen and oxygen atoms in total. The zero-order valence-electron chi connectivity index (χ0n) is 16.1. The molecule has 0 saturated carbocycles. The summed E-state index contributed by atoms with van der Waals surface area (Å²) in [5.41, 5.74) is 3.66. The SMILES string of the molecule is COc1ccccc1/C=N/NC(=O)C(CC(C)C)NC(=O)c1ccc(Cl)cc1. The summed E-state index contributed by atoms with van der Waals surface area (Å²) in [7, 11) is 1.57. The van der Waals surface area contributed by atoms with Crippen molar-refractivity contribution in [1.29, 1.82) is 0 Å². The van der Waals surface area contributed by atoms with Gasteiger partial charge in [0.15, 0.2) is 0 Å². The van der Waals surface area contributed by atoms with Crippen LogP contribution in [0.2, 0.25) is 5.02 Å². The Kier molecular flexibility index (Phi) is 8.02. The first-order valence-corrected chi connectivity index (χ1v) is 9.31. The maximum Gasteiger partial charge on any atom is 0.262 e. The summed E-state index contributed by atoms with van der Waals surface area (Å²) in [5.74, 6) is 0.128. The Labute approximate surface area is 169 Å². The molecule has 2 amide bonds. The summed E-state index contributed by atoms with van der Waals surface area (Å²) in [5, 5.41) is 7.30. The van der Waals surface area contributed by atoms with Crippen molar-refractivity contribution in [3.63, 3.8) is 0 Å². The molecule has 2 aromatic carbocycles. The molecule has 0 radical (unpaired) electrons. The topological polar surface area (TPSA) is 79.8 Å². The van der Waals surface area contributed by atoms with Gasteiger partial charge in [0.1, 0.15) is 11.8 Å². The van der Waals surface area contributed by atoms with Crippen molar-refractivity contribution in [2.24, 2.45) is 11.0 Å². The molecule has 0 aliphatic rings. The van der Waals surface area contributed by atoms with E-state index < -0.39 is 6.04 Å². The first-order chi connectivity index (χ1) is 13.4. The fourth-order valence-corrected chi connectivity index (χ4v) is 2.69. The Bertz CT molecular complexity index is 835. The number of carbonyl (C=O) groups excluding carboxylic acids is 2. The van der Waals surface area contributed by atoms with Crippen LogP contribution in [0.4, 0.5) is 0 Å². The van der Waals surface area contributed by atoms with Gasteiger partial charge in [-0.3, -0.25) is 9.59 Å². The largest absolute Gasteiger partial charge is 0.496 e. The number of rotatable bonds is 8. The van der Waals surface area contributed by atoms with Crippen molar-refractivity contribution in [2.75, 3.05) is 7.11 Å². The van der Waals surface area contributed by atoms with E-state index in [0.29, 0.717) is 22.8 Å². The first-order valence-electron chi connectivity index (χ1n) is 8.93. The number of ether oxygens (including phenoxy) is 1. The van der Waals surface area contributed by atoms with Crippen LogP contribution in [0.3, 0.4) is 0 Å². The lowest BCUT2D eigenvalue weighted by molar-refractivity contribution is -0.123. The molecule has 148 valence electrons. The quantitative estimate of drug-likeness (QED) is 0.523. The van der Waals surface area contributed by atoms with E-state index in [2.05, 4.69) is 15.8 Å². The third kappa shape index (κ3) is 6.39. The fraction of sp³-hybridized carbons (Fsp3) is 0.286. The highest BCUT2D eigenvalue weighted by molar-refractivity contribution is 6.30. The lowest BCUT2D eigenvalue weighted by atomic mass is 10.0. The zero-order valence-corrected chi connectivity index (χ0v) is 16.9. The van der Waals surface area contributed by atoms with Crippen LogP contribution in [0.15, 0.2) is 53.6 Å². The summed E-state index contributed by atoms with van der Waals surface area (Å²) >= 11 is 5.85. The second kappa shape index (κ2) is 10.5. The molecule has 7 heteroatoms. The van der Waals surface area contributed by atoms with Gasteiger partial charge >= 0.3 is 0 Å². The zero-order chi connectivity index (χ0) is 20.5. The Morgan fingerprint density at radius 3 is 2.46 bits per heavy atom. The minimum absolute atomic E-state index is 0.208. The number of halogens is 1. The van der Waals surface area contributed by atoms with Crippen LogP contribution in [0.25, 0.3) is 0 Å². The highest BCUT2D eigenvalue weighted by Crippen LogP contribution is 2.14. The number of amides is 2. The lowest BCUT2D eigenvalue weighted by Gasteiger charge is -2.19. The van der Waals surface area contributed by atoms with Gasteiger partial charge in [-0.2, -0.15) is 5.10 Å². The van der Waals surface area contributed by atoms with E-state index in [4.69, 9.17) is 16.3 Å². The Hall–Kier alpha value is -2.86. The van der Waals surface area contributed by atoms with Crippen LogP contribution in [0.1, 0.15) is 36.2 Å². The molecule has 1 unspecified atom stereocenters. The Morgan fingerprint density at radius 2 is 1.82 bits per heavy atom. The van der Waals surface area contributed by atoms with E-state index >= 15 is 0 Å². The Morgan fingerprint density at radius 1 is 1.14 bits per heavy atom. The minimum Gasteiger partial charge on any atom is -0.496 e. The average Bonchev–Trinajstić information content (AvgIpc) is 2.67. The number of hydrazone groups is 1. The highest BCUT2D eigenvalue weighted by Gasteiger charge is 2.22. The molecule has 28 heavy (non-hydrogen) atoms. The fourth-order valence-electron chi connectivity index (χ4n) is 2.56. The maximum atomic E-state index is 12.6. The standard InChI is InChI=1S/C21H24ClN3O3/c1-14(2)12-18(24-20(26)15-8-10-17(22)11-9-15)21(27)25-23-13-16-6-4-5-7-19(16)28-3/h4-11,13-14,18H,12H2,1-3H3,(H,24,26)(H,25,27)/b23-13+. The molecule has 0 aliphatic carbocycles. The van der Waals surface area contributed by atoms with Gasteiger partial charge in [0, 0.05) is 16.1 Å². The molecule has 0 bridgehead atoms. The predicted molar refractivity (Wildman–Crippen MR) is 111 cm³/mol. The van der Waals surface area contributed by atoms with E-state index in [1.165, 1.54) is 6.21 Å². The second-order valence-corrected chi connectivity index (χ2v) is 7.08. The molecule has 2 N–H and O–H groups in total. The predicted octanol–water partition coefficient (Wildman–Crippen LogP) is 3.64. The van der Waals surface area contributed by atoms with Crippen molar-refractivity contribution in [3.05, 3.63) is 64.7 Å². The van der Waals surface area contributed by atoms with Crippen molar-refractivity contribution >= 4 is 29.6 Å². The lowest BCUT2D eigenvalue weighted by Crippen LogP contribution is -2.46. The monoisotopic (exact) mass is 401 g/mol. The van der Waals surface area contributed by atoms with Crippen LogP contribution in [0.5, 0.6) is 5.75 Å². The highest BCUT2D eigenvalue weighted by atomic mass is 35.5. The van der Waals surface area contributed by atoms with E-state index in [1.807, 2.05) is 32.0 Å². The normalized spacial score (nSPS) is 12.0. The van der Waals surface area contributed by atoms with Crippen molar-refractivity contribution in [2.45, 2.75) is 26.3 Å². The Balaban J connectivity index is 2.05. The van der Waals surface area contributed by atoms with Gasteiger partial charge in [0.2, 0.25) is 0 Å². The van der Waals surface area contributed by atoms with Crippen molar-refractivity contribution in [3.8, 4) is 5.75 Å². The molecule has 0 aromatic heterocycles. The summed E-state index contributed by atoms with van der Waals surface area (Å²) < 4.78 is 5.24. The van der Waals surface area contributed by atoms with Gasteiger partial charge in [0.05, 0.1) is 13.3 Å². The number of nitrogens with zero attached hydrogens (tertiary/aromatic N) is 1. The van der Waals surface area contributed by atoms with Crippen LogP contribution < -0.4 is 15.5 Å². The van der Waals surface area contributed by atoms with Crippen LogP contribution in [0, 0.1) is 5.92 Å². The number of methoxy groups -OCH3 is 1. The van der Waals surface area contributed by atoms with E-state index in [-0.39, 0.29) is 17.7 Å². The number of para-hydroxylation sites is 1. The minimum atomic E-state index is -0.710. The number of carbonyl (C=O) groups is 2. The van der Waals surface area contributed by atoms with Gasteiger partial charge in [-0.1, -0.05) is 37.6 Å². The summed E-state index contributed by atoms with van der Waals surface area (Å²) in [6.45, 7) is 3.96. The molecule has 0 aliphatic heterocycles. The number of nitrogens with one attached hydrogen (secondary N) is 2. The van der Waals surface area contributed by atoms with Gasteiger partial charge < -0.3 is 10.1 Å². The molecule has 0 fully saturated rings. The third-order valence-corrected chi connectivity index (χ3v) is 4.20. The van der Waals surface area contributed by atoms with E-state index in [9.17, 15) is 9.59 Å². The summed E-state index contributed by atoms with van der Waals surface area (Å²) in [4.78, 5) is 25.0. The third-order valence-electron chi connectivity index (χ3n) is 3.95. The van der Waals surface area contributed by atoms with E-state index in [1.54, 1.807) is 37.4 Å².